The maximum absolute atomic E-state index is 13.6. The fourth-order valence-electron chi connectivity index (χ4n) is 7.28. The molecule has 0 aliphatic carbocycles. The monoisotopic (exact) mass is 587 g/mol. The van der Waals surface area contributed by atoms with Crippen molar-refractivity contribution in [2.45, 2.75) is 56.8 Å². The number of rotatable bonds is 10. The third-order valence-corrected chi connectivity index (χ3v) is 9.31. The summed E-state index contributed by atoms with van der Waals surface area (Å²) in [4.78, 5) is 15.8. The summed E-state index contributed by atoms with van der Waals surface area (Å²) in [5, 5.41) is 17.3. The van der Waals surface area contributed by atoms with Crippen molar-refractivity contribution in [2.75, 3.05) is 34.5 Å². The van der Waals surface area contributed by atoms with Crippen LogP contribution in [0.25, 0.3) is 0 Å². The zero-order chi connectivity index (χ0) is 30.1. The Labute approximate surface area is 253 Å². The number of likely N-dealkylation sites (N-methyl/N-ethyl adjacent to an activating group) is 1. The molecule has 3 aliphatic rings. The van der Waals surface area contributed by atoms with Crippen LogP contribution in [0.4, 0.5) is 0 Å². The zero-order valence-corrected chi connectivity index (χ0v) is 25.2. The summed E-state index contributed by atoms with van der Waals surface area (Å²) in [5.74, 6) is 1.63. The number of likely N-dealkylation sites (tertiary alicyclic amines) is 1. The second-order valence-corrected chi connectivity index (χ2v) is 11.7. The minimum absolute atomic E-state index is 0.00543. The van der Waals surface area contributed by atoms with E-state index in [9.17, 15) is 9.90 Å². The first-order valence-electron chi connectivity index (χ1n) is 14.9. The van der Waals surface area contributed by atoms with Crippen molar-refractivity contribution >= 4 is 5.91 Å². The van der Waals surface area contributed by atoms with E-state index in [1.165, 1.54) is 0 Å². The third kappa shape index (κ3) is 5.35. The maximum atomic E-state index is 13.6. The van der Waals surface area contributed by atoms with Gasteiger partial charge in [0.25, 0.3) is 0 Å². The molecule has 43 heavy (non-hydrogen) atoms. The minimum atomic E-state index is -0.382. The summed E-state index contributed by atoms with van der Waals surface area (Å²) in [5.41, 5.74) is 4.67. The molecular weight excluding hydrogens is 546 g/mol. The molecule has 2 saturated heterocycles. The van der Waals surface area contributed by atoms with E-state index in [0.717, 1.165) is 27.8 Å². The number of piperidine rings is 1. The number of hydrogen-bond donors (Lipinski definition) is 3. The summed E-state index contributed by atoms with van der Waals surface area (Å²) < 4.78 is 25.0. The summed E-state index contributed by atoms with van der Waals surface area (Å²) in [7, 11) is 5.30. The Bertz CT molecular complexity index is 1440. The Morgan fingerprint density at radius 3 is 2.19 bits per heavy atom. The Morgan fingerprint density at radius 1 is 0.907 bits per heavy atom. The quantitative estimate of drug-likeness (QED) is 0.331. The number of carbonyl (C=O) groups excluding carboxylic acids is 1. The van der Waals surface area contributed by atoms with Crippen molar-refractivity contribution in [3.8, 4) is 17.2 Å². The molecule has 3 aliphatic heterocycles. The van der Waals surface area contributed by atoms with E-state index in [0.29, 0.717) is 43.5 Å². The highest BCUT2D eigenvalue weighted by atomic mass is 16.5. The van der Waals surface area contributed by atoms with Gasteiger partial charge in [-0.1, -0.05) is 60.7 Å². The maximum Gasteiger partial charge on any atom is 0.225 e. The van der Waals surface area contributed by atoms with Crippen molar-refractivity contribution < 1.29 is 28.8 Å². The minimum Gasteiger partial charge on any atom is -0.496 e. The number of aliphatic hydroxyl groups is 1. The van der Waals surface area contributed by atoms with Gasteiger partial charge in [0, 0.05) is 34.8 Å². The van der Waals surface area contributed by atoms with Gasteiger partial charge in [-0.3, -0.25) is 9.69 Å². The molecule has 0 unspecified atom stereocenters. The molecule has 228 valence electrons. The number of nitrogens with zero attached hydrogens (tertiary/aromatic N) is 1. The van der Waals surface area contributed by atoms with Gasteiger partial charge in [0.2, 0.25) is 5.91 Å². The van der Waals surface area contributed by atoms with Gasteiger partial charge in [0.15, 0.2) is 11.5 Å². The number of aliphatic hydroxyl groups excluding tert-OH is 1. The van der Waals surface area contributed by atoms with Crippen LogP contribution in [0.15, 0.2) is 60.7 Å². The van der Waals surface area contributed by atoms with Crippen LogP contribution in [-0.2, 0) is 22.7 Å². The van der Waals surface area contributed by atoms with Crippen LogP contribution in [0.2, 0.25) is 0 Å². The summed E-state index contributed by atoms with van der Waals surface area (Å²) >= 11 is 0. The molecule has 6 atom stereocenters. The second kappa shape index (κ2) is 12.5. The molecule has 0 bridgehead atoms. The standard InChI is InChI=1S/C34H41N3O6/c1-20-31(40-3)27-26(33(32(20)41-4)43-18-22-13-9-6-10-14-22)25(19-42-17-21-11-7-5-8-12-21)35-29-28(27)36-34(39)24-15-23(16-38)37(2)30(24)29/h5-14,23-25,28-30,35,38H,15-19H2,1-4H3,(H,36,39)/t23-,24-,25-,28+,29-,30+/m0/s1. The lowest BCUT2D eigenvalue weighted by atomic mass is 9.75. The van der Waals surface area contributed by atoms with Crippen LogP contribution in [-0.4, -0.2) is 68.5 Å². The molecule has 0 aromatic heterocycles. The highest BCUT2D eigenvalue weighted by Crippen LogP contribution is 2.54. The fraction of sp³-hybridized carbons (Fsp3) is 0.441. The molecule has 6 rings (SSSR count). The van der Waals surface area contributed by atoms with Crippen LogP contribution in [0.3, 0.4) is 0 Å². The lowest BCUT2D eigenvalue weighted by Gasteiger charge is -2.49. The van der Waals surface area contributed by atoms with Crippen molar-refractivity contribution in [2.24, 2.45) is 5.92 Å². The molecule has 3 aromatic rings. The van der Waals surface area contributed by atoms with Crippen LogP contribution in [0.1, 0.15) is 46.3 Å². The van der Waals surface area contributed by atoms with Crippen molar-refractivity contribution in [1.82, 2.24) is 15.5 Å². The molecule has 1 amide bonds. The molecular formula is C34H41N3O6. The molecule has 3 aromatic carbocycles. The zero-order valence-electron chi connectivity index (χ0n) is 25.2. The molecule has 9 nitrogen and oxygen atoms in total. The summed E-state index contributed by atoms with van der Waals surface area (Å²) in [6.07, 6.45) is 0.612. The molecule has 0 saturated carbocycles. The van der Waals surface area contributed by atoms with E-state index in [-0.39, 0.29) is 48.6 Å². The lowest BCUT2D eigenvalue weighted by molar-refractivity contribution is -0.130. The Balaban J connectivity index is 1.46. The van der Waals surface area contributed by atoms with Crippen LogP contribution in [0.5, 0.6) is 17.2 Å². The average molecular weight is 588 g/mol. The number of benzene rings is 3. The molecule has 9 heteroatoms. The predicted octanol–water partition coefficient (Wildman–Crippen LogP) is 3.67. The van der Waals surface area contributed by atoms with E-state index >= 15 is 0 Å². The molecule has 0 spiro atoms. The Hall–Kier alpha value is -3.63. The van der Waals surface area contributed by atoms with E-state index in [1.54, 1.807) is 14.2 Å². The number of hydrogen-bond acceptors (Lipinski definition) is 8. The largest absolute Gasteiger partial charge is 0.496 e. The number of carbonyl (C=O) groups is 1. The number of amides is 1. The van der Waals surface area contributed by atoms with Crippen LogP contribution >= 0.6 is 0 Å². The van der Waals surface area contributed by atoms with Crippen molar-refractivity contribution in [3.05, 3.63) is 88.5 Å². The number of fused-ring (bicyclic) bond motifs is 5. The van der Waals surface area contributed by atoms with Gasteiger partial charge >= 0.3 is 0 Å². The van der Waals surface area contributed by atoms with Gasteiger partial charge in [-0.25, -0.2) is 0 Å². The first kappa shape index (κ1) is 29.4. The van der Waals surface area contributed by atoms with E-state index in [4.69, 9.17) is 18.9 Å². The van der Waals surface area contributed by atoms with Gasteiger partial charge in [-0.2, -0.15) is 0 Å². The molecule has 2 fully saturated rings. The highest BCUT2D eigenvalue weighted by molar-refractivity contribution is 5.83. The van der Waals surface area contributed by atoms with Crippen molar-refractivity contribution in [3.63, 3.8) is 0 Å². The second-order valence-electron chi connectivity index (χ2n) is 11.7. The SMILES string of the molecule is COc1c(C)c(OC)c2c(c1OCc1ccccc1)[C@H](COCc1ccccc1)N[C@@H]1[C@H]3[C@H](C[C@@H](CO)N3C)C(=O)N[C@H]21. The third-order valence-electron chi connectivity index (χ3n) is 9.31. The summed E-state index contributed by atoms with van der Waals surface area (Å²) in [6, 6.07) is 19.1. The predicted molar refractivity (Wildman–Crippen MR) is 162 cm³/mol. The normalized spacial score (nSPS) is 26.2. The van der Waals surface area contributed by atoms with E-state index in [2.05, 4.69) is 15.5 Å². The summed E-state index contributed by atoms with van der Waals surface area (Å²) in [6.45, 7) is 3.13. The van der Waals surface area contributed by atoms with Gasteiger partial charge in [-0.05, 0) is 31.5 Å². The fourth-order valence-corrected chi connectivity index (χ4v) is 7.28. The topological polar surface area (TPSA) is 102 Å². The highest BCUT2D eigenvalue weighted by Gasteiger charge is 2.56. The van der Waals surface area contributed by atoms with Gasteiger partial charge in [0.1, 0.15) is 12.4 Å². The van der Waals surface area contributed by atoms with Crippen molar-refractivity contribution in [1.29, 1.82) is 0 Å². The van der Waals surface area contributed by atoms with Crippen LogP contribution < -0.4 is 24.8 Å². The smallest absolute Gasteiger partial charge is 0.225 e. The van der Waals surface area contributed by atoms with Gasteiger partial charge in [-0.15, -0.1) is 0 Å². The first-order valence-corrected chi connectivity index (χ1v) is 14.9. The van der Waals surface area contributed by atoms with Crippen LogP contribution in [0, 0.1) is 12.8 Å². The average Bonchev–Trinajstić information content (AvgIpc) is 3.38. The first-order chi connectivity index (χ1) is 21.0. The molecule has 3 heterocycles. The van der Waals surface area contributed by atoms with Gasteiger partial charge in [0.05, 0.1) is 52.0 Å². The van der Waals surface area contributed by atoms with E-state index in [1.807, 2.05) is 74.6 Å². The Kier molecular flexibility index (Phi) is 8.59. The number of methoxy groups -OCH3 is 2. The Morgan fingerprint density at radius 2 is 1.56 bits per heavy atom. The van der Waals surface area contributed by atoms with Gasteiger partial charge < -0.3 is 34.7 Å². The number of ether oxygens (including phenoxy) is 4. The lowest BCUT2D eigenvalue weighted by Crippen LogP contribution is -2.65. The van der Waals surface area contributed by atoms with E-state index < -0.39 is 0 Å². The number of nitrogens with one attached hydrogen (secondary N) is 2. The molecule has 0 radical (unpaired) electrons. The molecule has 3 N–H and O–H groups in total.